The summed E-state index contributed by atoms with van der Waals surface area (Å²) in [5.74, 6) is -0.125. The number of hydrogen-bond donors (Lipinski definition) is 1. The quantitative estimate of drug-likeness (QED) is 0.591. The molecule has 1 N–H and O–H groups in total. The van der Waals surface area contributed by atoms with Crippen molar-refractivity contribution in [2.24, 2.45) is 5.92 Å². The molecular formula is C9H15BrFNO. The SMILES string of the molecule is CC/C(NC=O)=C(/F)C(Br)C(C)C. The largest absolute Gasteiger partial charge is 0.330 e. The van der Waals surface area contributed by atoms with Gasteiger partial charge in [0.25, 0.3) is 0 Å². The smallest absolute Gasteiger partial charge is 0.211 e. The second-order valence-corrected chi connectivity index (χ2v) is 4.07. The molecule has 4 heteroatoms. The first-order valence-corrected chi connectivity index (χ1v) is 5.18. The van der Waals surface area contributed by atoms with Gasteiger partial charge in [0.2, 0.25) is 6.41 Å². The molecule has 0 rings (SSSR count). The zero-order valence-electron chi connectivity index (χ0n) is 8.10. The second-order valence-electron chi connectivity index (χ2n) is 3.09. The molecule has 0 aliphatic carbocycles. The summed E-state index contributed by atoms with van der Waals surface area (Å²) in [6.07, 6.45) is 0.984. The molecule has 0 aliphatic heterocycles. The molecule has 0 fully saturated rings. The van der Waals surface area contributed by atoms with Crippen LogP contribution in [0, 0.1) is 5.92 Å². The van der Waals surface area contributed by atoms with E-state index in [1.54, 1.807) is 6.92 Å². The van der Waals surface area contributed by atoms with E-state index in [2.05, 4.69) is 21.2 Å². The lowest BCUT2D eigenvalue weighted by atomic mass is 10.1. The van der Waals surface area contributed by atoms with Crippen LogP contribution in [0.2, 0.25) is 0 Å². The average molecular weight is 252 g/mol. The van der Waals surface area contributed by atoms with Gasteiger partial charge in [0.1, 0.15) is 5.83 Å². The molecule has 0 saturated carbocycles. The van der Waals surface area contributed by atoms with Gasteiger partial charge in [-0.1, -0.05) is 36.7 Å². The average Bonchev–Trinajstić information content (AvgIpc) is 2.11. The molecule has 13 heavy (non-hydrogen) atoms. The lowest BCUT2D eigenvalue weighted by Crippen LogP contribution is -2.17. The van der Waals surface area contributed by atoms with Crippen LogP contribution in [-0.2, 0) is 4.79 Å². The van der Waals surface area contributed by atoms with Crippen molar-refractivity contribution in [1.82, 2.24) is 5.32 Å². The summed E-state index contributed by atoms with van der Waals surface area (Å²) in [6, 6.07) is 0. The molecule has 2 nitrogen and oxygen atoms in total. The molecule has 0 heterocycles. The number of rotatable bonds is 5. The third kappa shape index (κ3) is 3.89. The predicted octanol–water partition coefficient (Wildman–Crippen LogP) is 2.74. The van der Waals surface area contributed by atoms with E-state index >= 15 is 0 Å². The summed E-state index contributed by atoms with van der Waals surface area (Å²) < 4.78 is 13.5. The molecule has 0 aromatic rings. The molecule has 0 saturated heterocycles. The first-order valence-electron chi connectivity index (χ1n) is 4.27. The summed E-state index contributed by atoms with van der Waals surface area (Å²) >= 11 is 3.23. The van der Waals surface area contributed by atoms with E-state index in [1.807, 2.05) is 13.8 Å². The van der Waals surface area contributed by atoms with E-state index in [9.17, 15) is 9.18 Å². The Morgan fingerprint density at radius 3 is 2.46 bits per heavy atom. The van der Waals surface area contributed by atoms with Crippen LogP contribution in [0.1, 0.15) is 27.2 Å². The zero-order valence-corrected chi connectivity index (χ0v) is 9.69. The standard InChI is InChI=1S/C9H15BrFNO/c1-4-7(12-5-13)9(11)8(10)6(2)3/h5-6,8H,4H2,1-3H3,(H,12,13)/b9-7-. The van der Waals surface area contributed by atoms with Gasteiger partial charge in [0.15, 0.2) is 0 Å². The summed E-state index contributed by atoms with van der Waals surface area (Å²) in [4.78, 5) is 9.82. The number of alkyl halides is 1. The van der Waals surface area contributed by atoms with Gasteiger partial charge < -0.3 is 5.32 Å². The first kappa shape index (κ1) is 12.6. The third-order valence-corrected chi connectivity index (χ3v) is 3.16. The fourth-order valence-electron chi connectivity index (χ4n) is 0.870. The summed E-state index contributed by atoms with van der Waals surface area (Å²) in [6.45, 7) is 5.62. The molecule has 0 spiro atoms. The van der Waals surface area contributed by atoms with Gasteiger partial charge in [-0.05, 0) is 12.3 Å². The topological polar surface area (TPSA) is 29.1 Å². The molecule has 1 amide bonds. The molecule has 0 aliphatic rings. The fourth-order valence-corrected chi connectivity index (χ4v) is 1.15. The van der Waals surface area contributed by atoms with Crippen LogP contribution in [-0.4, -0.2) is 11.2 Å². The lowest BCUT2D eigenvalue weighted by Gasteiger charge is -2.14. The van der Waals surface area contributed by atoms with Crippen LogP contribution in [0.4, 0.5) is 4.39 Å². The first-order chi connectivity index (χ1) is 6.04. The highest BCUT2D eigenvalue weighted by molar-refractivity contribution is 9.09. The Morgan fingerprint density at radius 2 is 2.15 bits per heavy atom. The summed E-state index contributed by atoms with van der Waals surface area (Å²) in [7, 11) is 0. The number of allylic oxidation sites excluding steroid dienone is 2. The van der Waals surface area contributed by atoms with Gasteiger partial charge in [-0.3, -0.25) is 4.79 Å². The van der Waals surface area contributed by atoms with Crippen molar-refractivity contribution in [3.05, 3.63) is 11.5 Å². The Bertz CT molecular complexity index is 204. The van der Waals surface area contributed by atoms with Crippen molar-refractivity contribution in [1.29, 1.82) is 0 Å². The molecular weight excluding hydrogens is 237 g/mol. The number of amides is 1. The van der Waals surface area contributed by atoms with Crippen LogP contribution >= 0.6 is 15.9 Å². The zero-order chi connectivity index (χ0) is 10.4. The lowest BCUT2D eigenvalue weighted by molar-refractivity contribution is -0.109. The Kier molecular flexibility index (Phi) is 5.95. The Hall–Kier alpha value is -0.380. The number of nitrogens with one attached hydrogen (secondary N) is 1. The van der Waals surface area contributed by atoms with Crippen LogP contribution in [0.5, 0.6) is 0 Å². The van der Waals surface area contributed by atoms with Gasteiger partial charge in [0, 0.05) is 5.70 Å². The fraction of sp³-hybridized carbons (Fsp3) is 0.667. The van der Waals surface area contributed by atoms with Gasteiger partial charge in [-0.25, -0.2) is 4.39 Å². The normalized spacial score (nSPS) is 15.2. The molecule has 76 valence electrons. The maximum Gasteiger partial charge on any atom is 0.211 e. The number of halogens is 2. The molecule has 1 unspecified atom stereocenters. The highest BCUT2D eigenvalue weighted by Crippen LogP contribution is 2.24. The number of hydrogen-bond acceptors (Lipinski definition) is 1. The minimum absolute atomic E-state index is 0.162. The van der Waals surface area contributed by atoms with Gasteiger partial charge in [-0.2, -0.15) is 0 Å². The maximum absolute atomic E-state index is 13.5. The van der Waals surface area contributed by atoms with Gasteiger partial charge in [0.05, 0.1) is 4.83 Å². The maximum atomic E-state index is 13.5. The third-order valence-electron chi connectivity index (χ3n) is 1.70. The Balaban J connectivity index is 4.62. The van der Waals surface area contributed by atoms with Crippen molar-refractivity contribution < 1.29 is 9.18 Å². The van der Waals surface area contributed by atoms with E-state index in [0.717, 1.165) is 0 Å². The van der Waals surface area contributed by atoms with Crippen molar-refractivity contribution in [2.75, 3.05) is 0 Å². The highest BCUT2D eigenvalue weighted by atomic mass is 79.9. The van der Waals surface area contributed by atoms with E-state index in [-0.39, 0.29) is 16.6 Å². The number of carbonyl (C=O) groups excluding carboxylic acids is 1. The molecule has 0 aromatic carbocycles. The van der Waals surface area contributed by atoms with E-state index in [1.165, 1.54) is 0 Å². The molecule has 1 atom stereocenters. The number of carbonyl (C=O) groups is 1. The molecule has 0 aromatic heterocycles. The van der Waals surface area contributed by atoms with E-state index in [4.69, 9.17) is 0 Å². The van der Waals surface area contributed by atoms with Crippen molar-refractivity contribution >= 4 is 22.3 Å². The minimum atomic E-state index is -0.324. The van der Waals surface area contributed by atoms with Crippen molar-refractivity contribution in [3.8, 4) is 0 Å². The second kappa shape index (κ2) is 6.13. The predicted molar refractivity (Wildman–Crippen MR) is 55.2 cm³/mol. The van der Waals surface area contributed by atoms with Crippen LogP contribution in [0.3, 0.4) is 0 Å². The minimum Gasteiger partial charge on any atom is -0.330 e. The highest BCUT2D eigenvalue weighted by Gasteiger charge is 2.18. The van der Waals surface area contributed by atoms with Crippen LogP contribution in [0.15, 0.2) is 11.5 Å². The van der Waals surface area contributed by atoms with Gasteiger partial charge >= 0.3 is 0 Å². The van der Waals surface area contributed by atoms with Crippen LogP contribution in [0.25, 0.3) is 0 Å². The van der Waals surface area contributed by atoms with Crippen molar-refractivity contribution in [3.63, 3.8) is 0 Å². The van der Waals surface area contributed by atoms with E-state index in [0.29, 0.717) is 18.5 Å². The summed E-state index contributed by atoms with van der Waals surface area (Å²) in [5, 5.41) is 2.36. The monoisotopic (exact) mass is 251 g/mol. The Labute approximate surface area is 86.7 Å². The van der Waals surface area contributed by atoms with E-state index < -0.39 is 0 Å². The van der Waals surface area contributed by atoms with Gasteiger partial charge in [-0.15, -0.1) is 0 Å². The van der Waals surface area contributed by atoms with Crippen LogP contribution < -0.4 is 5.32 Å². The Morgan fingerprint density at radius 1 is 1.62 bits per heavy atom. The molecule has 0 bridgehead atoms. The summed E-state index contributed by atoms with van der Waals surface area (Å²) in [5.41, 5.74) is 0.352. The van der Waals surface area contributed by atoms with Crippen molar-refractivity contribution in [2.45, 2.75) is 32.0 Å². The molecule has 0 radical (unpaired) electrons.